The Bertz CT molecular complexity index is 458. The number of nitrogens with zero attached hydrogens (tertiary/aromatic N) is 1. The Morgan fingerprint density at radius 2 is 2.00 bits per heavy atom. The number of hydrogen-bond acceptors (Lipinski definition) is 4. The second kappa shape index (κ2) is 7.12. The molecule has 0 saturated carbocycles. The first kappa shape index (κ1) is 16.3. The van der Waals surface area contributed by atoms with Crippen molar-refractivity contribution in [3.63, 3.8) is 0 Å². The molecule has 1 aromatic rings. The van der Waals surface area contributed by atoms with Gasteiger partial charge in [0.1, 0.15) is 0 Å². The van der Waals surface area contributed by atoms with Crippen molar-refractivity contribution in [2.24, 2.45) is 5.41 Å². The molecule has 1 aromatic carbocycles. The first-order valence-electron chi connectivity index (χ1n) is 7.13. The van der Waals surface area contributed by atoms with Crippen LogP contribution in [0.3, 0.4) is 0 Å². The summed E-state index contributed by atoms with van der Waals surface area (Å²) in [5.41, 5.74) is 6.99. The number of nitrogens with two attached hydrogens (primary N) is 1. The first-order chi connectivity index (χ1) is 9.34. The van der Waals surface area contributed by atoms with Crippen molar-refractivity contribution in [2.45, 2.75) is 46.5 Å². The summed E-state index contributed by atoms with van der Waals surface area (Å²) in [5.74, 6) is 0. The summed E-state index contributed by atoms with van der Waals surface area (Å²) in [6, 6.07) is 4.63. The van der Waals surface area contributed by atoms with Gasteiger partial charge in [-0.25, -0.2) is 0 Å². The van der Waals surface area contributed by atoms with Crippen molar-refractivity contribution in [1.29, 1.82) is 0 Å². The summed E-state index contributed by atoms with van der Waals surface area (Å²) in [7, 11) is 0. The molecule has 0 atom stereocenters. The quantitative estimate of drug-likeness (QED) is 0.323. The molecule has 112 valence electrons. The number of hydrogen-bond donors (Lipinski definition) is 2. The highest BCUT2D eigenvalue weighted by Gasteiger charge is 2.17. The molecule has 0 aliphatic heterocycles. The minimum Gasteiger partial charge on any atom is -0.398 e. The largest absolute Gasteiger partial charge is 0.398 e. The van der Waals surface area contributed by atoms with Crippen LogP contribution in [0.4, 0.5) is 17.1 Å². The molecule has 0 amide bonds. The van der Waals surface area contributed by atoms with E-state index in [-0.39, 0.29) is 11.1 Å². The van der Waals surface area contributed by atoms with Gasteiger partial charge in [-0.15, -0.1) is 0 Å². The fourth-order valence-electron chi connectivity index (χ4n) is 2.13. The highest BCUT2D eigenvalue weighted by molar-refractivity contribution is 5.61. The molecule has 0 aromatic heterocycles. The molecule has 5 nitrogen and oxygen atoms in total. The van der Waals surface area contributed by atoms with Crippen LogP contribution in [0, 0.1) is 15.5 Å². The average Bonchev–Trinajstić information content (AvgIpc) is 2.36. The zero-order chi connectivity index (χ0) is 15.2. The number of anilines is 2. The van der Waals surface area contributed by atoms with Crippen molar-refractivity contribution in [3.05, 3.63) is 28.3 Å². The lowest BCUT2D eigenvalue weighted by Gasteiger charge is -2.25. The molecule has 0 heterocycles. The van der Waals surface area contributed by atoms with Crippen molar-refractivity contribution in [3.8, 4) is 0 Å². The molecule has 5 heteroatoms. The summed E-state index contributed by atoms with van der Waals surface area (Å²) in [6.45, 7) is 7.38. The number of benzene rings is 1. The summed E-state index contributed by atoms with van der Waals surface area (Å²) in [4.78, 5) is 10.4. The fraction of sp³-hybridized carbons (Fsp3) is 0.600. The normalized spacial score (nSPS) is 11.3. The van der Waals surface area contributed by atoms with Gasteiger partial charge in [0.2, 0.25) is 0 Å². The Labute approximate surface area is 120 Å². The van der Waals surface area contributed by atoms with Crippen LogP contribution in [0.25, 0.3) is 0 Å². The molecule has 0 spiro atoms. The van der Waals surface area contributed by atoms with E-state index >= 15 is 0 Å². The van der Waals surface area contributed by atoms with Crippen LogP contribution in [0.5, 0.6) is 0 Å². The van der Waals surface area contributed by atoms with E-state index in [1.54, 1.807) is 6.07 Å². The van der Waals surface area contributed by atoms with Gasteiger partial charge in [0.05, 0.1) is 4.92 Å². The Kier molecular flexibility index (Phi) is 5.80. The monoisotopic (exact) mass is 279 g/mol. The summed E-state index contributed by atoms with van der Waals surface area (Å²) >= 11 is 0. The summed E-state index contributed by atoms with van der Waals surface area (Å²) in [6.07, 6.45) is 4.80. The SMILES string of the molecule is CCCCCC(C)(C)CNc1cc(N)cc([N+](=O)[O-])c1. The third-order valence-corrected chi connectivity index (χ3v) is 3.38. The van der Waals surface area contributed by atoms with Crippen LogP contribution >= 0.6 is 0 Å². The lowest BCUT2D eigenvalue weighted by Crippen LogP contribution is -2.23. The van der Waals surface area contributed by atoms with Gasteiger partial charge in [-0.05, 0) is 17.9 Å². The highest BCUT2D eigenvalue weighted by atomic mass is 16.6. The second-order valence-corrected chi connectivity index (χ2v) is 6.05. The molecule has 20 heavy (non-hydrogen) atoms. The van der Waals surface area contributed by atoms with E-state index in [1.807, 2.05) is 0 Å². The van der Waals surface area contributed by atoms with E-state index in [1.165, 1.54) is 31.4 Å². The molecule has 0 unspecified atom stereocenters. The number of rotatable bonds is 8. The van der Waals surface area contributed by atoms with Gasteiger partial charge >= 0.3 is 0 Å². The molecular formula is C15H25N3O2. The third-order valence-electron chi connectivity index (χ3n) is 3.38. The van der Waals surface area contributed by atoms with E-state index in [0.717, 1.165) is 13.0 Å². The second-order valence-electron chi connectivity index (χ2n) is 6.05. The number of nitrogen functional groups attached to an aromatic ring is 1. The predicted octanol–water partition coefficient (Wildman–Crippen LogP) is 4.20. The van der Waals surface area contributed by atoms with Gasteiger partial charge < -0.3 is 11.1 Å². The molecule has 0 aliphatic carbocycles. The first-order valence-corrected chi connectivity index (χ1v) is 7.13. The van der Waals surface area contributed by atoms with Gasteiger partial charge in [-0.2, -0.15) is 0 Å². The maximum absolute atomic E-state index is 10.8. The number of nitrogens with one attached hydrogen (secondary N) is 1. The number of nitro groups is 1. The summed E-state index contributed by atoms with van der Waals surface area (Å²) < 4.78 is 0. The Morgan fingerprint density at radius 3 is 2.60 bits per heavy atom. The molecule has 0 radical (unpaired) electrons. The van der Waals surface area contributed by atoms with Gasteiger partial charge in [-0.3, -0.25) is 10.1 Å². The smallest absolute Gasteiger partial charge is 0.273 e. The maximum Gasteiger partial charge on any atom is 0.273 e. The predicted molar refractivity (Wildman–Crippen MR) is 83.9 cm³/mol. The van der Waals surface area contributed by atoms with Crippen LogP contribution in [0.15, 0.2) is 18.2 Å². The van der Waals surface area contributed by atoms with Crippen LogP contribution < -0.4 is 11.1 Å². The Balaban J connectivity index is 2.62. The molecule has 0 aliphatic rings. The zero-order valence-electron chi connectivity index (χ0n) is 12.6. The topological polar surface area (TPSA) is 81.2 Å². The molecule has 1 rings (SSSR count). The van der Waals surface area contributed by atoms with Gasteiger partial charge in [-0.1, -0.05) is 40.0 Å². The van der Waals surface area contributed by atoms with Crippen molar-refractivity contribution >= 4 is 17.1 Å². The van der Waals surface area contributed by atoms with E-state index in [4.69, 9.17) is 5.73 Å². The van der Waals surface area contributed by atoms with Crippen molar-refractivity contribution in [2.75, 3.05) is 17.6 Å². The minimum absolute atomic E-state index is 0.0243. The molecular weight excluding hydrogens is 254 g/mol. The Hall–Kier alpha value is -1.78. The number of nitro benzene ring substituents is 1. The third kappa shape index (κ3) is 5.47. The zero-order valence-corrected chi connectivity index (χ0v) is 12.6. The van der Waals surface area contributed by atoms with Crippen molar-refractivity contribution in [1.82, 2.24) is 0 Å². The lowest BCUT2D eigenvalue weighted by molar-refractivity contribution is -0.384. The molecule has 3 N–H and O–H groups in total. The van der Waals surface area contributed by atoms with Crippen LogP contribution in [0.1, 0.15) is 46.5 Å². The fourth-order valence-corrected chi connectivity index (χ4v) is 2.13. The van der Waals surface area contributed by atoms with Gasteiger partial charge in [0.15, 0.2) is 0 Å². The Morgan fingerprint density at radius 1 is 1.30 bits per heavy atom. The van der Waals surface area contributed by atoms with E-state index in [9.17, 15) is 10.1 Å². The maximum atomic E-state index is 10.8. The summed E-state index contributed by atoms with van der Waals surface area (Å²) in [5, 5.41) is 14.1. The van der Waals surface area contributed by atoms with Crippen LogP contribution in [-0.2, 0) is 0 Å². The van der Waals surface area contributed by atoms with E-state index < -0.39 is 4.92 Å². The molecule has 0 saturated heterocycles. The van der Waals surface area contributed by atoms with Gasteiger partial charge in [0.25, 0.3) is 5.69 Å². The number of non-ortho nitro benzene ring substituents is 1. The van der Waals surface area contributed by atoms with Gasteiger partial charge in [0, 0.05) is 30.1 Å². The van der Waals surface area contributed by atoms with E-state index in [0.29, 0.717) is 11.4 Å². The lowest BCUT2D eigenvalue weighted by atomic mass is 9.87. The highest BCUT2D eigenvalue weighted by Crippen LogP contribution is 2.27. The van der Waals surface area contributed by atoms with Crippen LogP contribution in [0.2, 0.25) is 0 Å². The van der Waals surface area contributed by atoms with E-state index in [2.05, 4.69) is 26.1 Å². The van der Waals surface area contributed by atoms with Crippen molar-refractivity contribution < 1.29 is 4.92 Å². The number of unbranched alkanes of at least 4 members (excludes halogenated alkanes) is 2. The van der Waals surface area contributed by atoms with Crippen LogP contribution in [-0.4, -0.2) is 11.5 Å². The minimum atomic E-state index is -0.423. The molecule has 0 fully saturated rings. The average molecular weight is 279 g/mol. The standard InChI is InChI=1S/C15H25N3O2/c1-4-5-6-7-15(2,3)11-17-13-8-12(16)9-14(10-13)18(19)20/h8-10,17H,4-7,11,16H2,1-3H3. The molecule has 0 bridgehead atoms.